The van der Waals surface area contributed by atoms with Gasteiger partial charge in [-0.15, -0.1) is 0 Å². The van der Waals surface area contributed by atoms with Crippen molar-refractivity contribution in [1.29, 1.82) is 0 Å². The van der Waals surface area contributed by atoms with E-state index in [-0.39, 0.29) is 18.0 Å². The van der Waals surface area contributed by atoms with Crippen LogP contribution in [0.4, 0.5) is 4.39 Å². The summed E-state index contributed by atoms with van der Waals surface area (Å²) in [5.74, 6) is -0.894. The normalized spacial score (nSPS) is 10.2. The van der Waals surface area contributed by atoms with Crippen molar-refractivity contribution in [2.45, 2.75) is 6.61 Å². The van der Waals surface area contributed by atoms with Crippen molar-refractivity contribution < 1.29 is 19.0 Å². The molecule has 0 radical (unpaired) electrons. The van der Waals surface area contributed by atoms with Crippen molar-refractivity contribution in [2.75, 3.05) is 0 Å². The monoisotopic (exact) mass is 253 g/mol. The van der Waals surface area contributed by atoms with E-state index in [2.05, 4.69) is 4.37 Å². The van der Waals surface area contributed by atoms with Crippen LogP contribution < -0.4 is 4.74 Å². The molecule has 1 N–H and O–H groups in total. The molecule has 88 valence electrons. The number of hydrogen-bond donors (Lipinski definition) is 1. The first kappa shape index (κ1) is 11.5. The lowest BCUT2D eigenvalue weighted by Gasteiger charge is -2.04. The van der Waals surface area contributed by atoms with E-state index in [4.69, 9.17) is 9.84 Å². The average Bonchev–Trinajstić information content (AvgIpc) is 2.76. The molecule has 2 aromatic rings. The molecule has 0 atom stereocenters. The molecule has 2 rings (SSSR count). The summed E-state index contributed by atoms with van der Waals surface area (Å²) in [6, 6.07) is 5.52. The first-order chi connectivity index (χ1) is 8.16. The molecular weight excluding hydrogens is 245 g/mol. The van der Waals surface area contributed by atoms with Gasteiger partial charge in [-0.3, -0.25) is 0 Å². The molecule has 1 aromatic carbocycles. The minimum absolute atomic E-state index is 0.109. The SMILES string of the molecule is O=C(O)c1cnsc1COc1ccc(F)cc1. The van der Waals surface area contributed by atoms with Crippen LogP contribution in [-0.2, 0) is 6.61 Å². The molecule has 0 unspecified atom stereocenters. The highest BCUT2D eigenvalue weighted by Crippen LogP contribution is 2.18. The van der Waals surface area contributed by atoms with Crippen LogP contribution in [-0.4, -0.2) is 15.4 Å². The Balaban J connectivity index is 2.05. The zero-order valence-corrected chi connectivity index (χ0v) is 9.41. The Labute approximate surface area is 100 Å². The van der Waals surface area contributed by atoms with E-state index in [1.165, 1.54) is 30.5 Å². The fraction of sp³-hybridized carbons (Fsp3) is 0.0909. The third kappa shape index (κ3) is 2.79. The maximum absolute atomic E-state index is 12.6. The smallest absolute Gasteiger partial charge is 0.338 e. The van der Waals surface area contributed by atoms with Crippen LogP contribution in [0.2, 0.25) is 0 Å². The van der Waals surface area contributed by atoms with E-state index in [9.17, 15) is 9.18 Å². The minimum Gasteiger partial charge on any atom is -0.488 e. The number of carboxylic acid groups (broad SMARTS) is 1. The van der Waals surface area contributed by atoms with Crippen LogP contribution in [0, 0.1) is 5.82 Å². The van der Waals surface area contributed by atoms with Crippen molar-refractivity contribution in [1.82, 2.24) is 4.37 Å². The second kappa shape index (κ2) is 4.92. The lowest BCUT2D eigenvalue weighted by atomic mass is 10.3. The van der Waals surface area contributed by atoms with E-state index in [1.54, 1.807) is 0 Å². The van der Waals surface area contributed by atoms with Crippen molar-refractivity contribution >= 4 is 17.5 Å². The fourth-order valence-corrected chi connectivity index (χ4v) is 1.86. The molecule has 6 heteroatoms. The van der Waals surface area contributed by atoms with Crippen LogP contribution >= 0.6 is 11.5 Å². The first-order valence-corrected chi connectivity index (χ1v) is 5.49. The molecule has 0 saturated carbocycles. The van der Waals surface area contributed by atoms with Crippen molar-refractivity contribution in [3.63, 3.8) is 0 Å². The summed E-state index contributed by atoms with van der Waals surface area (Å²) >= 11 is 1.07. The van der Waals surface area contributed by atoms with Gasteiger partial charge in [-0.1, -0.05) is 0 Å². The summed E-state index contributed by atoms with van der Waals surface area (Å²) in [7, 11) is 0. The summed E-state index contributed by atoms with van der Waals surface area (Å²) in [5, 5.41) is 8.85. The quantitative estimate of drug-likeness (QED) is 0.909. The van der Waals surface area contributed by atoms with E-state index in [0.29, 0.717) is 10.6 Å². The molecule has 0 bridgehead atoms. The number of hydrogen-bond acceptors (Lipinski definition) is 4. The van der Waals surface area contributed by atoms with Gasteiger partial charge in [0.2, 0.25) is 0 Å². The predicted molar refractivity (Wildman–Crippen MR) is 59.8 cm³/mol. The van der Waals surface area contributed by atoms with E-state index in [0.717, 1.165) is 11.5 Å². The van der Waals surface area contributed by atoms with E-state index < -0.39 is 5.97 Å². The average molecular weight is 253 g/mol. The Morgan fingerprint density at radius 3 is 2.76 bits per heavy atom. The molecule has 1 heterocycles. The highest BCUT2D eigenvalue weighted by Gasteiger charge is 2.13. The second-order valence-corrected chi connectivity index (χ2v) is 4.10. The summed E-state index contributed by atoms with van der Waals surface area (Å²) in [6.45, 7) is 0.109. The molecular formula is C11H8FNO3S. The lowest BCUT2D eigenvalue weighted by Crippen LogP contribution is -2.01. The zero-order chi connectivity index (χ0) is 12.3. The Kier molecular flexibility index (Phi) is 3.34. The number of aromatic carboxylic acids is 1. The molecule has 1 aromatic heterocycles. The van der Waals surface area contributed by atoms with E-state index >= 15 is 0 Å². The van der Waals surface area contributed by atoms with Gasteiger partial charge in [0.1, 0.15) is 18.2 Å². The molecule has 0 saturated heterocycles. The summed E-state index contributed by atoms with van der Waals surface area (Å²) < 4.78 is 21.8. The Bertz CT molecular complexity index is 524. The maximum atomic E-state index is 12.6. The molecule has 4 nitrogen and oxygen atoms in total. The van der Waals surface area contributed by atoms with Gasteiger partial charge in [-0.25, -0.2) is 9.18 Å². The maximum Gasteiger partial charge on any atom is 0.338 e. The van der Waals surface area contributed by atoms with Gasteiger partial charge in [0.15, 0.2) is 0 Å². The van der Waals surface area contributed by atoms with Gasteiger partial charge in [-0.2, -0.15) is 4.37 Å². The van der Waals surface area contributed by atoms with Gasteiger partial charge in [0, 0.05) is 0 Å². The van der Waals surface area contributed by atoms with Gasteiger partial charge < -0.3 is 9.84 Å². The standard InChI is InChI=1S/C11H8FNO3S/c12-7-1-3-8(4-2-7)16-6-10-9(11(14)15)5-13-17-10/h1-5H,6H2,(H,14,15). The van der Waals surface area contributed by atoms with Crippen LogP contribution in [0.5, 0.6) is 5.75 Å². The fourth-order valence-electron chi connectivity index (χ4n) is 1.22. The minimum atomic E-state index is -1.03. The number of nitrogens with zero attached hydrogens (tertiary/aromatic N) is 1. The summed E-state index contributed by atoms with van der Waals surface area (Å²) in [5.41, 5.74) is 0.136. The Morgan fingerprint density at radius 1 is 1.41 bits per heavy atom. The van der Waals surface area contributed by atoms with Gasteiger partial charge in [0.25, 0.3) is 0 Å². The number of carboxylic acids is 1. The molecule has 0 aliphatic heterocycles. The Hall–Kier alpha value is -1.95. The van der Waals surface area contributed by atoms with Gasteiger partial charge in [-0.05, 0) is 35.8 Å². The highest BCUT2D eigenvalue weighted by atomic mass is 32.1. The molecule has 17 heavy (non-hydrogen) atoms. The highest BCUT2D eigenvalue weighted by molar-refractivity contribution is 7.06. The van der Waals surface area contributed by atoms with Crippen LogP contribution in [0.25, 0.3) is 0 Å². The van der Waals surface area contributed by atoms with Crippen LogP contribution in [0.3, 0.4) is 0 Å². The van der Waals surface area contributed by atoms with Gasteiger partial charge >= 0.3 is 5.97 Å². The number of carbonyl (C=O) groups is 1. The number of halogens is 1. The number of ether oxygens (including phenoxy) is 1. The first-order valence-electron chi connectivity index (χ1n) is 4.72. The number of benzene rings is 1. The third-order valence-corrected chi connectivity index (χ3v) is 2.83. The van der Waals surface area contributed by atoms with Crippen LogP contribution in [0.15, 0.2) is 30.5 Å². The van der Waals surface area contributed by atoms with Crippen LogP contribution in [0.1, 0.15) is 15.2 Å². The Morgan fingerprint density at radius 2 is 2.12 bits per heavy atom. The molecule has 0 aliphatic rings. The molecule has 0 spiro atoms. The number of aromatic nitrogens is 1. The predicted octanol–water partition coefficient (Wildman–Crippen LogP) is 2.56. The number of rotatable bonds is 4. The molecule has 0 aliphatic carbocycles. The lowest BCUT2D eigenvalue weighted by molar-refractivity contribution is 0.0694. The van der Waals surface area contributed by atoms with Crippen molar-refractivity contribution in [3.8, 4) is 5.75 Å². The summed E-state index contributed by atoms with van der Waals surface area (Å²) in [4.78, 5) is 11.3. The van der Waals surface area contributed by atoms with E-state index in [1.807, 2.05) is 0 Å². The third-order valence-electron chi connectivity index (χ3n) is 2.06. The van der Waals surface area contributed by atoms with Gasteiger partial charge in [0.05, 0.1) is 16.6 Å². The second-order valence-electron chi connectivity index (χ2n) is 3.21. The largest absolute Gasteiger partial charge is 0.488 e. The molecule has 0 fully saturated rings. The molecule has 0 amide bonds. The zero-order valence-electron chi connectivity index (χ0n) is 8.59. The van der Waals surface area contributed by atoms with Crippen molar-refractivity contribution in [3.05, 3.63) is 46.7 Å². The topological polar surface area (TPSA) is 59.4 Å². The van der Waals surface area contributed by atoms with Crippen molar-refractivity contribution in [2.24, 2.45) is 0 Å². The summed E-state index contributed by atoms with van der Waals surface area (Å²) in [6.07, 6.45) is 1.29.